The summed E-state index contributed by atoms with van der Waals surface area (Å²) >= 11 is 0. The van der Waals surface area contributed by atoms with E-state index in [0.29, 0.717) is 0 Å². The van der Waals surface area contributed by atoms with Crippen LogP contribution in [0.1, 0.15) is 51.0 Å². The van der Waals surface area contributed by atoms with E-state index in [4.69, 9.17) is 0 Å². The summed E-state index contributed by atoms with van der Waals surface area (Å²) in [6.45, 7) is 8.55. The smallest absolute Gasteiger partial charge is 0.123 e. The van der Waals surface area contributed by atoms with Gasteiger partial charge in [0.15, 0.2) is 0 Å². The average molecular weight is 287 g/mol. The predicted molar refractivity (Wildman–Crippen MR) is 82.2 cm³/mol. The zero-order chi connectivity index (χ0) is 15.5. The van der Waals surface area contributed by atoms with Crippen LogP contribution in [-0.4, -0.2) is 9.97 Å². The Bertz CT molecular complexity index is 561. The Morgan fingerprint density at radius 3 is 2.29 bits per heavy atom. The molecule has 2 rings (SSSR count). The summed E-state index contributed by atoms with van der Waals surface area (Å²) in [6.07, 6.45) is 5.12. The molecule has 1 N–H and O–H groups in total. The van der Waals surface area contributed by atoms with Crippen molar-refractivity contribution in [3.8, 4) is 0 Å². The molecule has 21 heavy (non-hydrogen) atoms. The zero-order valence-electron chi connectivity index (χ0n) is 13.0. The van der Waals surface area contributed by atoms with Crippen LogP contribution in [0, 0.1) is 11.2 Å². The Balaban J connectivity index is 2.24. The highest BCUT2D eigenvalue weighted by molar-refractivity contribution is 5.22. The molecule has 1 aromatic carbocycles. The second-order valence-corrected chi connectivity index (χ2v) is 6.37. The van der Waals surface area contributed by atoms with Crippen molar-refractivity contribution in [2.75, 3.05) is 0 Å². The maximum absolute atomic E-state index is 13.1. The molecule has 0 amide bonds. The summed E-state index contributed by atoms with van der Waals surface area (Å²) in [5.74, 6) is -0.214. The van der Waals surface area contributed by atoms with Gasteiger partial charge in [-0.15, -0.1) is 0 Å². The van der Waals surface area contributed by atoms with Crippen LogP contribution in [0.5, 0.6) is 0 Å². The van der Waals surface area contributed by atoms with Crippen LogP contribution >= 0.6 is 0 Å². The Hall–Kier alpha value is -1.81. The molecule has 0 aliphatic rings. The molecule has 0 radical (unpaired) electrons. The summed E-state index contributed by atoms with van der Waals surface area (Å²) in [5, 5.41) is 3.58. The van der Waals surface area contributed by atoms with E-state index in [1.165, 1.54) is 12.1 Å². The highest BCUT2D eigenvalue weighted by Crippen LogP contribution is 2.34. The van der Waals surface area contributed by atoms with Gasteiger partial charge in [-0.3, -0.25) is 9.97 Å². The summed E-state index contributed by atoms with van der Waals surface area (Å²) in [7, 11) is 0. The molecule has 0 bridgehead atoms. The standard InChI is InChI=1S/C17H22FN3/c1-12(15-11-19-9-10-20-15)21-16(17(2,3)4)13-5-7-14(18)8-6-13/h5-12,16,21H,1-4H3. The van der Waals surface area contributed by atoms with E-state index < -0.39 is 0 Å². The van der Waals surface area contributed by atoms with Crippen LogP contribution in [0.3, 0.4) is 0 Å². The SMILES string of the molecule is CC(NC(c1ccc(F)cc1)C(C)(C)C)c1cnccn1. The van der Waals surface area contributed by atoms with E-state index in [9.17, 15) is 4.39 Å². The van der Waals surface area contributed by atoms with Gasteiger partial charge in [0.2, 0.25) is 0 Å². The second kappa shape index (κ2) is 6.31. The molecule has 112 valence electrons. The first kappa shape index (κ1) is 15.6. The van der Waals surface area contributed by atoms with Gasteiger partial charge in [-0.05, 0) is 30.0 Å². The molecule has 2 unspecified atom stereocenters. The largest absolute Gasteiger partial charge is 0.301 e. The molecule has 0 aliphatic heterocycles. The fraction of sp³-hybridized carbons (Fsp3) is 0.412. The highest BCUT2D eigenvalue weighted by atomic mass is 19.1. The molecular formula is C17H22FN3. The van der Waals surface area contributed by atoms with Gasteiger partial charge in [0, 0.05) is 30.7 Å². The minimum Gasteiger partial charge on any atom is -0.301 e. The number of aromatic nitrogens is 2. The Labute approximate surface area is 125 Å². The van der Waals surface area contributed by atoms with Crippen molar-refractivity contribution in [2.24, 2.45) is 5.41 Å². The lowest BCUT2D eigenvalue weighted by Crippen LogP contribution is -2.34. The zero-order valence-corrected chi connectivity index (χ0v) is 13.0. The van der Waals surface area contributed by atoms with Crippen LogP contribution in [0.4, 0.5) is 4.39 Å². The Morgan fingerprint density at radius 2 is 1.76 bits per heavy atom. The number of rotatable bonds is 4. The first-order valence-corrected chi connectivity index (χ1v) is 7.15. The molecule has 4 heteroatoms. The molecule has 1 heterocycles. The predicted octanol–water partition coefficient (Wildman–Crippen LogP) is 4.05. The molecule has 1 aromatic heterocycles. The number of halogens is 1. The van der Waals surface area contributed by atoms with Crippen molar-refractivity contribution >= 4 is 0 Å². The van der Waals surface area contributed by atoms with E-state index in [2.05, 4.69) is 43.0 Å². The van der Waals surface area contributed by atoms with Crippen LogP contribution in [0.25, 0.3) is 0 Å². The summed E-state index contributed by atoms with van der Waals surface area (Å²) < 4.78 is 13.1. The molecule has 0 spiro atoms. The fourth-order valence-electron chi connectivity index (χ4n) is 2.37. The number of nitrogens with zero attached hydrogens (tertiary/aromatic N) is 2. The van der Waals surface area contributed by atoms with Gasteiger partial charge in [0.05, 0.1) is 5.69 Å². The van der Waals surface area contributed by atoms with Gasteiger partial charge < -0.3 is 5.32 Å². The van der Waals surface area contributed by atoms with Crippen molar-refractivity contribution in [3.05, 3.63) is 59.9 Å². The molecule has 0 saturated carbocycles. The highest BCUT2D eigenvalue weighted by Gasteiger charge is 2.28. The lowest BCUT2D eigenvalue weighted by atomic mass is 9.82. The maximum Gasteiger partial charge on any atom is 0.123 e. The van der Waals surface area contributed by atoms with E-state index >= 15 is 0 Å². The van der Waals surface area contributed by atoms with Gasteiger partial charge in [-0.1, -0.05) is 32.9 Å². The third kappa shape index (κ3) is 4.08. The van der Waals surface area contributed by atoms with Gasteiger partial charge in [0.1, 0.15) is 5.82 Å². The van der Waals surface area contributed by atoms with Crippen molar-refractivity contribution in [3.63, 3.8) is 0 Å². The minimum absolute atomic E-state index is 0.00566. The first-order chi connectivity index (χ1) is 9.88. The monoisotopic (exact) mass is 287 g/mol. The van der Waals surface area contributed by atoms with Crippen molar-refractivity contribution in [1.29, 1.82) is 0 Å². The van der Waals surface area contributed by atoms with Crippen LogP contribution in [-0.2, 0) is 0 Å². The molecular weight excluding hydrogens is 265 g/mol. The number of benzene rings is 1. The molecule has 0 saturated heterocycles. The molecule has 2 atom stereocenters. The topological polar surface area (TPSA) is 37.8 Å². The average Bonchev–Trinajstić information content (AvgIpc) is 2.45. The minimum atomic E-state index is -0.214. The van der Waals surface area contributed by atoms with Gasteiger partial charge in [-0.25, -0.2) is 4.39 Å². The molecule has 0 fully saturated rings. The molecule has 2 aromatic rings. The summed E-state index contributed by atoms with van der Waals surface area (Å²) in [6, 6.07) is 6.83. The number of hydrogen-bond acceptors (Lipinski definition) is 3. The van der Waals surface area contributed by atoms with E-state index in [1.54, 1.807) is 18.6 Å². The second-order valence-electron chi connectivity index (χ2n) is 6.37. The van der Waals surface area contributed by atoms with Gasteiger partial charge >= 0.3 is 0 Å². The quantitative estimate of drug-likeness (QED) is 0.921. The van der Waals surface area contributed by atoms with E-state index in [1.807, 2.05) is 12.1 Å². The Kier molecular flexibility index (Phi) is 4.68. The van der Waals surface area contributed by atoms with Crippen LogP contribution < -0.4 is 5.32 Å². The fourth-order valence-corrected chi connectivity index (χ4v) is 2.37. The third-order valence-corrected chi connectivity index (χ3v) is 3.51. The normalized spacial score (nSPS) is 14.7. The molecule has 3 nitrogen and oxygen atoms in total. The van der Waals surface area contributed by atoms with Crippen LogP contribution in [0.15, 0.2) is 42.9 Å². The summed E-state index contributed by atoms with van der Waals surface area (Å²) in [5.41, 5.74) is 1.96. The number of nitrogens with one attached hydrogen (secondary N) is 1. The van der Waals surface area contributed by atoms with Gasteiger partial charge in [-0.2, -0.15) is 0 Å². The molecule has 0 aliphatic carbocycles. The maximum atomic E-state index is 13.1. The van der Waals surface area contributed by atoms with Gasteiger partial charge in [0.25, 0.3) is 0 Å². The summed E-state index contributed by atoms with van der Waals surface area (Å²) in [4.78, 5) is 8.44. The van der Waals surface area contributed by atoms with E-state index in [0.717, 1.165) is 11.3 Å². The third-order valence-electron chi connectivity index (χ3n) is 3.51. The van der Waals surface area contributed by atoms with Crippen molar-refractivity contribution in [2.45, 2.75) is 39.8 Å². The first-order valence-electron chi connectivity index (χ1n) is 7.15. The van der Waals surface area contributed by atoms with Crippen molar-refractivity contribution < 1.29 is 4.39 Å². The van der Waals surface area contributed by atoms with Crippen LogP contribution in [0.2, 0.25) is 0 Å². The van der Waals surface area contributed by atoms with Crippen molar-refractivity contribution in [1.82, 2.24) is 15.3 Å². The van der Waals surface area contributed by atoms with E-state index in [-0.39, 0.29) is 23.3 Å². The lowest BCUT2D eigenvalue weighted by molar-refractivity contribution is 0.252. The Morgan fingerprint density at radius 1 is 1.10 bits per heavy atom. The lowest BCUT2D eigenvalue weighted by Gasteiger charge is -2.34. The number of hydrogen-bond donors (Lipinski definition) is 1.